The number of anilines is 1. The first-order chi connectivity index (χ1) is 18.0. The molecule has 204 valence electrons. The zero-order chi connectivity index (χ0) is 28.3. The molecule has 7 heteroatoms. The highest BCUT2D eigenvalue weighted by Crippen LogP contribution is 2.43. The van der Waals surface area contributed by atoms with Crippen LogP contribution in [0.15, 0.2) is 87.2 Å². The Labute approximate surface area is 232 Å². The molecule has 0 saturated heterocycles. The number of aliphatic imine (C=N–C) groups is 2. The summed E-state index contributed by atoms with van der Waals surface area (Å²) in [5.74, 6) is 1.56. The number of aliphatic hydroxyl groups is 1. The molecule has 0 unspecified atom stereocenters. The van der Waals surface area contributed by atoms with E-state index in [0.29, 0.717) is 12.4 Å². The third kappa shape index (κ3) is 9.45. The molecule has 0 aliphatic heterocycles. The first-order valence-electron chi connectivity index (χ1n) is 12.9. The lowest BCUT2D eigenvalue weighted by Crippen LogP contribution is -2.16. The van der Waals surface area contributed by atoms with Crippen molar-refractivity contribution in [2.75, 3.05) is 11.9 Å². The Morgan fingerprint density at radius 3 is 2.55 bits per heavy atom. The van der Waals surface area contributed by atoms with Gasteiger partial charge in [-0.2, -0.15) is 0 Å². The summed E-state index contributed by atoms with van der Waals surface area (Å²) in [4.78, 5) is 11.1. The number of amidine groups is 1. The van der Waals surface area contributed by atoms with E-state index in [4.69, 9.17) is 10.5 Å². The second-order valence-electron chi connectivity index (χ2n) is 9.90. The van der Waals surface area contributed by atoms with Crippen LogP contribution in [-0.4, -0.2) is 23.8 Å². The fraction of sp³-hybridized carbons (Fsp3) is 0.355. The van der Waals surface area contributed by atoms with Gasteiger partial charge in [0.05, 0.1) is 12.3 Å². The fourth-order valence-corrected chi connectivity index (χ4v) is 4.45. The van der Waals surface area contributed by atoms with Gasteiger partial charge in [0.25, 0.3) is 0 Å². The monoisotopic (exact) mass is 534 g/mol. The molecule has 0 radical (unpaired) electrons. The van der Waals surface area contributed by atoms with Gasteiger partial charge in [-0.15, -0.1) is 0 Å². The minimum absolute atomic E-state index is 0.159. The largest absolute Gasteiger partial charge is 0.512 e. The van der Waals surface area contributed by atoms with Crippen molar-refractivity contribution in [3.05, 3.63) is 77.8 Å². The molecular weight excluding hydrogens is 492 g/mol. The van der Waals surface area contributed by atoms with Crippen LogP contribution in [0.4, 0.5) is 11.4 Å². The second-order valence-corrected chi connectivity index (χ2v) is 11.0. The number of ether oxygens (including phenoxy) is 1. The first kappa shape index (κ1) is 30.8. The van der Waals surface area contributed by atoms with Gasteiger partial charge >= 0.3 is 0 Å². The maximum atomic E-state index is 10.2. The van der Waals surface area contributed by atoms with E-state index in [9.17, 15) is 5.11 Å². The third-order valence-electron chi connectivity index (χ3n) is 5.53. The number of aliphatic hydroxyl groups excluding tert-OH is 1. The normalized spacial score (nSPS) is 13.4. The zero-order valence-electron chi connectivity index (χ0n) is 23.8. The molecule has 0 atom stereocenters. The molecular formula is C31H42N4O2S. The van der Waals surface area contributed by atoms with Crippen LogP contribution in [0.2, 0.25) is 0 Å². The van der Waals surface area contributed by atoms with Crippen molar-refractivity contribution in [3.8, 4) is 5.75 Å². The summed E-state index contributed by atoms with van der Waals surface area (Å²) >= 11 is 1.69. The van der Waals surface area contributed by atoms with Gasteiger partial charge in [0.15, 0.2) is 0 Å². The van der Waals surface area contributed by atoms with Crippen molar-refractivity contribution in [3.63, 3.8) is 0 Å². The van der Waals surface area contributed by atoms with Crippen LogP contribution >= 0.6 is 11.8 Å². The van der Waals surface area contributed by atoms with Crippen molar-refractivity contribution >= 4 is 40.1 Å². The molecule has 0 amide bonds. The van der Waals surface area contributed by atoms with Crippen LogP contribution in [0.25, 0.3) is 4.91 Å². The van der Waals surface area contributed by atoms with Crippen molar-refractivity contribution in [1.29, 1.82) is 0 Å². The van der Waals surface area contributed by atoms with Crippen LogP contribution in [-0.2, 0) is 0 Å². The smallest absolute Gasteiger partial charge is 0.129 e. The maximum absolute atomic E-state index is 10.2. The van der Waals surface area contributed by atoms with E-state index < -0.39 is 5.41 Å². The maximum Gasteiger partial charge on any atom is 0.129 e. The fourth-order valence-electron chi connectivity index (χ4n) is 3.29. The van der Waals surface area contributed by atoms with E-state index >= 15 is 0 Å². The molecule has 0 aliphatic rings. The van der Waals surface area contributed by atoms with Gasteiger partial charge in [0.1, 0.15) is 23.2 Å². The van der Waals surface area contributed by atoms with Crippen LogP contribution in [0.1, 0.15) is 66.9 Å². The van der Waals surface area contributed by atoms with E-state index in [-0.39, 0.29) is 11.6 Å². The molecule has 0 saturated carbocycles. The molecule has 6 nitrogen and oxygen atoms in total. The predicted molar refractivity (Wildman–Crippen MR) is 166 cm³/mol. The van der Waals surface area contributed by atoms with Crippen LogP contribution in [0.3, 0.4) is 0 Å². The first-order valence-corrected chi connectivity index (χ1v) is 13.7. The zero-order valence-corrected chi connectivity index (χ0v) is 24.6. The van der Waals surface area contributed by atoms with Gasteiger partial charge in [0.2, 0.25) is 0 Å². The quantitative estimate of drug-likeness (QED) is 0.109. The number of nitrogens with one attached hydrogen (secondary N) is 1. The number of rotatable bonds is 12. The Morgan fingerprint density at radius 1 is 1.18 bits per heavy atom. The summed E-state index contributed by atoms with van der Waals surface area (Å²) < 4.78 is 5.93. The van der Waals surface area contributed by atoms with Gasteiger partial charge in [-0.3, -0.25) is 4.99 Å². The van der Waals surface area contributed by atoms with Crippen LogP contribution < -0.4 is 15.8 Å². The van der Waals surface area contributed by atoms with Gasteiger partial charge < -0.3 is 20.9 Å². The van der Waals surface area contributed by atoms with Gasteiger partial charge in [-0.1, -0.05) is 64.6 Å². The van der Waals surface area contributed by atoms with Gasteiger partial charge in [-0.05, 0) is 63.1 Å². The molecule has 0 fully saturated rings. The molecule has 0 spiro atoms. The molecule has 0 aromatic heterocycles. The molecule has 38 heavy (non-hydrogen) atoms. The summed E-state index contributed by atoms with van der Waals surface area (Å²) in [6.07, 6.45) is 5.13. The molecule has 2 aromatic rings. The van der Waals surface area contributed by atoms with Crippen LogP contribution in [0.5, 0.6) is 5.75 Å². The van der Waals surface area contributed by atoms with Crippen molar-refractivity contribution in [1.82, 2.24) is 0 Å². The molecule has 0 bridgehead atoms. The number of allylic oxidation sites excluding steroid dienone is 2. The minimum Gasteiger partial charge on any atom is -0.512 e. The lowest BCUT2D eigenvalue weighted by molar-refractivity contribution is 0.278. The molecule has 0 heterocycles. The predicted octanol–water partition coefficient (Wildman–Crippen LogP) is 8.86. The highest BCUT2D eigenvalue weighted by molar-refractivity contribution is 8.08. The van der Waals surface area contributed by atoms with Crippen LogP contribution in [0, 0.1) is 5.41 Å². The molecule has 2 rings (SSSR count). The van der Waals surface area contributed by atoms with E-state index in [1.54, 1.807) is 11.8 Å². The number of hydrogen-bond acceptors (Lipinski definition) is 6. The number of thioether (sulfide) groups is 1. The van der Waals surface area contributed by atoms with E-state index in [1.807, 2.05) is 64.2 Å². The summed E-state index contributed by atoms with van der Waals surface area (Å²) in [5, 5.41) is 13.4. The highest BCUT2D eigenvalue weighted by Gasteiger charge is 2.16. The average Bonchev–Trinajstić information content (AvgIpc) is 2.86. The topological polar surface area (TPSA) is 92.2 Å². The van der Waals surface area contributed by atoms with Crippen molar-refractivity contribution in [2.45, 2.75) is 66.2 Å². The van der Waals surface area contributed by atoms with Crippen molar-refractivity contribution in [2.24, 2.45) is 21.1 Å². The summed E-state index contributed by atoms with van der Waals surface area (Å²) in [5.41, 5.74) is 9.64. The number of nitrogens with zero attached hydrogens (tertiary/aromatic N) is 2. The Bertz CT molecular complexity index is 1240. The second kappa shape index (κ2) is 14.5. The average molecular weight is 535 g/mol. The summed E-state index contributed by atoms with van der Waals surface area (Å²) in [6.45, 7) is 18.7. The SMILES string of the molecule is C=C(N=C(N)/C=C(\O)C(C)(C)C)Nc1cccc(S/C(=C(/C)CC)c2cc(OCCC)ccc2N=CC)c1. The number of hydrogen-bond donors (Lipinski definition) is 3. The number of benzene rings is 2. The Kier molecular flexibility index (Phi) is 11.7. The third-order valence-corrected chi connectivity index (χ3v) is 6.79. The van der Waals surface area contributed by atoms with Crippen molar-refractivity contribution < 1.29 is 9.84 Å². The number of nitrogens with two attached hydrogens (primary N) is 1. The Balaban J connectivity index is 2.35. The minimum atomic E-state index is -0.410. The lowest BCUT2D eigenvalue weighted by atomic mass is 9.93. The summed E-state index contributed by atoms with van der Waals surface area (Å²) in [7, 11) is 0. The standard InChI is InChI=1S/C31H42N4O2S/c1-9-17-37-24-15-16-27(33-11-3)26(19-24)30(21(4)10-2)38-25-14-12-13-23(18-25)34-22(5)35-29(32)20-28(36)31(6,7)8/h11-16,18-20,34,36H,5,9-10,17H2,1-4,6-8H3,(H2,32,35)/b28-20-,30-21-,33-11?. The molecule has 4 N–H and O–H groups in total. The lowest BCUT2D eigenvalue weighted by Gasteiger charge is -2.17. The van der Waals surface area contributed by atoms with Gasteiger partial charge in [-0.25, -0.2) is 4.99 Å². The molecule has 0 aliphatic carbocycles. The Morgan fingerprint density at radius 2 is 1.92 bits per heavy atom. The Hall–Kier alpha value is -3.45. The molecule has 2 aromatic carbocycles. The van der Waals surface area contributed by atoms with E-state index in [0.717, 1.165) is 45.3 Å². The van der Waals surface area contributed by atoms with E-state index in [1.165, 1.54) is 11.6 Å². The highest BCUT2D eigenvalue weighted by atomic mass is 32.2. The summed E-state index contributed by atoms with van der Waals surface area (Å²) in [6, 6.07) is 14.1. The van der Waals surface area contributed by atoms with Gasteiger partial charge in [0, 0.05) is 38.8 Å². The van der Waals surface area contributed by atoms with E-state index in [2.05, 4.69) is 54.8 Å².